The Morgan fingerprint density at radius 1 is 1.23 bits per heavy atom. The number of hydrogen-bond acceptors (Lipinski definition) is 6. The molecule has 1 amide bonds. The second kappa shape index (κ2) is 9.26. The molecule has 1 aliphatic heterocycles. The second-order valence-electron chi connectivity index (χ2n) is 7.30. The maximum atomic E-state index is 11.9. The fraction of sp³-hybridized carbons (Fsp3) is 0.348. The summed E-state index contributed by atoms with van der Waals surface area (Å²) in [6.07, 6.45) is 3.74. The van der Waals surface area contributed by atoms with Gasteiger partial charge in [0.1, 0.15) is 11.6 Å². The van der Waals surface area contributed by atoms with Crippen molar-refractivity contribution in [2.45, 2.75) is 25.7 Å². The Morgan fingerprint density at radius 3 is 2.73 bits per heavy atom. The highest BCUT2D eigenvalue weighted by molar-refractivity contribution is 7.10. The third-order valence-corrected chi connectivity index (χ3v) is 6.43. The minimum atomic E-state index is -0.0788. The quantitative estimate of drug-likeness (QED) is 0.640. The molecule has 0 saturated carbocycles. The lowest BCUT2D eigenvalue weighted by Gasteiger charge is -2.32. The minimum Gasteiger partial charge on any atom is -0.496 e. The van der Waals surface area contributed by atoms with E-state index in [2.05, 4.69) is 26.6 Å². The van der Waals surface area contributed by atoms with E-state index in [1.54, 1.807) is 24.6 Å². The van der Waals surface area contributed by atoms with Gasteiger partial charge in [-0.1, -0.05) is 12.1 Å². The Labute approximate surface area is 180 Å². The Kier molecular flexibility index (Phi) is 6.28. The molecule has 30 heavy (non-hydrogen) atoms. The Morgan fingerprint density at radius 2 is 2.03 bits per heavy atom. The lowest BCUT2D eigenvalue weighted by molar-refractivity contribution is 0.0955. The number of ether oxygens (including phenoxy) is 1. The molecule has 0 radical (unpaired) electrons. The first-order chi connectivity index (χ1) is 14.7. The van der Waals surface area contributed by atoms with Crippen molar-refractivity contribution in [2.75, 3.05) is 31.6 Å². The zero-order valence-electron chi connectivity index (χ0n) is 17.3. The van der Waals surface area contributed by atoms with Gasteiger partial charge in [0.25, 0.3) is 5.91 Å². The molecular formula is C23H26N4O2S. The monoisotopic (exact) mass is 422 g/mol. The SMILES string of the molecule is CCNC(=O)c1ccc(N2CCC(c3nc(-c4ccccc4OC)cs3)CC2)nc1. The summed E-state index contributed by atoms with van der Waals surface area (Å²) in [7, 11) is 1.69. The number of benzene rings is 1. The molecule has 0 aliphatic carbocycles. The number of nitrogens with one attached hydrogen (secondary N) is 1. The summed E-state index contributed by atoms with van der Waals surface area (Å²) >= 11 is 1.73. The Balaban J connectivity index is 1.39. The van der Waals surface area contributed by atoms with Gasteiger partial charge in [0, 0.05) is 42.7 Å². The largest absolute Gasteiger partial charge is 0.496 e. The maximum absolute atomic E-state index is 11.9. The van der Waals surface area contributed by atoms with Crippen molar-refractivity contribution in [3.63, 3.8) is 0 Å². The van der Waals surface area contributed by atoms with Crippen molar-refractivity contribution < 1.29 is 9.53 Å². The summed E-state index contributed by atoms with van der Waals surface area (Å²) in [6, 6.07) is 11.8. The van der Waals surface area contributed by atoms with Gasteiger partial charge >= 0.3 is 0 Å². The number of methoxy groups -OCH3 is 1. The van der Waals surface area contributed by atoms with E-state index in [9.17, 15) is 4.79 Å². The van der Waals surface area contributed by atoms with E-state index < -0.39 is 0 Å². The van der Waals surface area contributed by atoms with E-state index in [0.29, 0.717) is 18.0 Å². The van der Waals surface area contributed by atoms with Crippen LogP contribution in [0.3, 0.4) is 0 Å². The Hall–Kier alpha value is -2.93. The number of amides is 1. The molecule has 6 nitrogen and oxygen atoms in total. The third kappa shape index (κ3) is 4.31. The zero-order valence-corrected chi connectivity index (χ0v) is 18.1. The first-order valence-electron chi connectivity index (χ1n) is 10.3. The van der Waals surface area contributed by atoms with Crippen LogP contribution >= 0.6 is 11.3 Å². The van der Waals surface area contributed by atoms with E-state index in [1.165, 1.54) is 5.01 Å². The minimum absolute atomic E-state index is 0.0788. The number of anilines is 1. The lowest BCUT2D eigenvalue weighted by Crippen LogP contribution is -2.33. The van der Waals surface area contributed by atoms with Crippen LogP contribution in [0.1, 0.15) is 41.0 Å². The summed E-state index contributed by atoms with van der Waals surface area (Å²) in [5, 5.41) is 6.12. The number of thiazole rings is 1. The molecule has 1 aromatic carbocycles. The second-order valence-corrected chi connectivity index (χ2v) is 8.19. The van der Waals surface area contributed by atoms with Crippen LogP contribution in [0.4, 0.5) is 5.82 Å². The average Bonchev–Trinajstić information content (AvgIpc) is 3.29. The van der Waals surface area contributed by atoms with Gasteiger partial charge in [-0.2, -0.15) is 0 Å². The Bertz CT molecular complexity index is 994. The van der Waals surface area contributed by atoms with Gasteiger partial charge in [0.05, 0.1) is 23.4 Å². The predicted octanol–water partition coefficient (Wildman–Crippen LogP) is 4.35. The molecule has 0 unspecified atom stereocenters. The van der Waals surface area contributed by atoms with Crippen LogP contribution in [-0.2, 0) is 0 Å². The molecule has 1 fully saturated rings. The first kappa shape index (κ1) is 20.3. The normalized spacial score (nSPS) is 14.5. The van der Waals surface area contributed by atoms with E-state index in [0.717, 1.165) is 48.8 Å². The number of aromatic nitrogens is 2. The molecule has 0 atom stereocenters. The van der Waals surface area contributed by atoms with Gasteiger partial charge in [0.15, 0.2) is 0 Å². The van der Waals surface area contributed by atoms with Crippen LogP contribution < -0.4 is 15.0 Å². The molecule has 3 aromatic rings. The van der Waals surface area contributed by atoms with Gasteiger partial charge in [-0.15, -0.1) is 11.3 Å². The molecule has 0 bridgehead atoms. The molecule has 156 valence electrons. The topological polar surface area (TPSA) is 67.4 Å². The number of carbonyl (C=O) groups excluding carboxylic acids is 1. The van der Waals surface area contributed by atoms with E-state index in [4.69, 9.17) is 9.72 Å². The van der Waals surface area contributed by atoms with Crippen molar-refractivity contribution in [2.24, 2.45) is 0 Å². The summed E-state index contributed by atoms with van der Waals surface area (Å²) in [6.45, 7) is 4.39. The van der Waals surface area contributed by atoms with Crippen molar-refractivity contribution in [3.05, 3.63) is 58.5 Å². The number of para-hydroxylation sites is 1. The summed E-state index contributed by atoms with van der Waals surface area (Å²) in [5.41, 5.74) is 2.62. The van der Waals surface area contributed by atoms with Crippen LogP contribution in [0, 0.1) is 0 Å². The van der Waals surface area contributed by atoms with Gasteiger partial charge in [-0.05, 0) is 44.0 Å². The van der Waals surface area contributed by atoms with E-state index >= 15 is 0 Å². The predicted molar refractivity (Wildman–Crippen MR) is 121 cm³/mol. The fourth-order valence-electron chi connectivity index (χ4n) is 3.78. The summed E-state index contributed by atoms with van der Waals surface area (Å²) in [4.78, 5) is 23.6. The van der Waals surface area contributed by atoms with Crippen LogP contribution in [0.2, 0.25) is 0 Å². The van der Waals surface area contributed by atoms with Crippen molar-refractivity contribution in [3.8, 4) is 17.0 Å². The van der Waals surface area contributed by atoms with Crippen LogP contribution in [-0.4, -0.2) is 42.6 Å². The molecule has 1 N–H and O–H groups in total. The standard InChI is InChI=1S/C23H26N4O2S/c1-3-24-22(28)17-8-9-21(25-14-17)27-12-10-16(11-13-27)23-26-19(15-30-23)18-6-4-5-7-20(18)29-2/h4-9,14-16H,3,10-13H2,1-2H3,(H,24,28). The first-order valence-corrected chi connectivity index (χ1v) is 11.2. The molecule has 1 saturated heterocycles. The fourth-order valence-corrected chi connectivity index (χ4v) is 4.77. The molecule has 7 heteroatoms. The highest BCUT2D eigenvalue weighted by atomic mass is 32.1. The van der Waals surface area contributed by atoms with Crippen LogP contribution in [0.5, 0.6) is 5.75 Å². The number of carbonyl (C=O) groups is 1. The molecule has 0 spiro atoms. The average molecular weight is 423 g/mol. The van der Waals surface area contributed by atoms with Crippen molar-refractivity contribution in [1.82, 2.24) is 15.3 Å². The molecule has 2 aromatic heterocycles. The van der Waals surface area contributed by atoms with Crippen molar-refractivity contribution in [1.29, 1.82) is 0 Å². The molecule has 3 heterocycles. The number of pyridine rings is 1. The summed E-state index contributed by atoms with van der Waals surface area (Å²) < 4.78 is 5.48. The highest BCUT2D eigenvalue weighted by Gasteiger charge is 2.24. The lowest BCUT2D eigenvalue weighted by atomic mass is 9.97. The van der Waals surface area contributed by atoms with Crippen molar-refractivity contribution >= 4 is 23.1 Å². The molecule has 4 rings (SSSR count). The van der Waals surface area contributed by atoms with Crippen LogP contribution in [0.15, 0.2) is 48.0 Å². The maximum Gasteiger partial charge on any atom is 0.252 e. The number of rotatable bonds is 6. The van der Waals surface area contributed by atoms with E-state index in [1.807, 2.05) is 37.3 Å². The molecular weight excluding hydrogens is 396 g/mol. The van der Waals surface area contributed by atoms with Gasteiger partial charge in [0.2, 0.25) is 0 Å². The molecule has 1 aliphatic rings. The number of nitrogens with zero attached hydrogens (tertiary/aromatic N) is 3. The zero-order chi connectivity index (χ0) is 20.9. The van der Waals surface area contributed by atoms with Gasteiger partial charge in [-0.3, -0.25) is 4.79 Å². The smallest absolute Gasteiger partial charge is 0.252 e. The van der Waals surface area contributed by atoms with Crippen LogP contribution in [0.25, 0.3) is 11.3 Å². The van der Waals surface area contributed by atoms with E-state index in [-0.39, 0.29) is 5.91 Å². The third-order valence-electron chi connectivity index (χ3n) is 5.42. The van der Waals surface area contributed by atoms with Gasteiger partial charge in [-0.25, -0.2) is 9.97 Å². The number of hydrogen-bond donors (Lipinski definition) is 1. The highest BCUT2D eigenvalue weighted by Crippen LogP contribution is 2.36. The summed E-state index contributed by atoms with van der Waals surface area (Å²) in [5.74, 6) is 2.16. The van der Waals surface area contributed by atoms with Gasteiger partial charge < -0.3 is 15.0 Å². The number of piperidine rings is 1.